The molecule has 0 unspecified atom stereocenters. The Morgan fingerprint density at radius 1 is 1.21 bits per heavy atom. The molecule has 0 bridgehead atoms. The molecule has 6 nitrogen and oxygen atoms in total. The van der Waals surface area contributed by atoms with Crippen molar-refractivity contribution in [2.24, 2.45) is 0 Å². The van der Waals surface area contributed by atoms with Gasteiger partial charge in [-0.3, -0.25) is 9.59 Å². The Morgan fingerprint density at radius 2 is 1.83 bits per heavy atom. The molecule has 1 saturated carbocycles. The van der Waals surface area contributed by atoms with Gasteiger partial charge in [0.25, 0.3) is 0 Å². The highest BCUT2D eigenvalue weighted by Crippen LogP contribution is 2.35. The molecule has 1 aliphatic carbocycles. The van der Waals surface area contributed by atoms with Crippen molar-refractivity contribution in [3.63, 3.8) is 0 Å². The molecule has 0 aromatic heterocycles. The molecule has 0 atom stereocenters. The standard InChI is InChI=1S/C17H23NO5S/c1-2-24(22,23)14-7-4-13(5-8-14)6-9-15(19)18-17(10-3-11-17)12-16(20)21/h4-5,7-8H,2-3,6,9-12H2,1H3,(H,18,19)(H,20,21). The van der Waals surface area contributed by atoms with Crippen LogP contribution in [0, 0.1) is 0 Å². The molecule has 1 aliphatic rings. The maximum Gasteiger partial charge on any atom is 0.305 e. The van der Waals surface area contributed by atoms with Crippen LogP contribution in [0.5, 0.6) is 0 Å². The molecule has 132 valence electrons. The minimum absolute atomic E-state index is 0.0394. The summed E-state index contributed by atoms with van der Waals surface area (Å²) < 4.78 is 23.5. The van der Waals surface area contributed by atoms with E-state index in [9.17, 15) is 18.0 Å². The van der Waals surface area contributed by atoms with Crippen molar-refractivity contribution in [2.75, 3.05) is 5.75 Å². The molecule has 2 rings (SSSR count). The smallest absolute Gasteiger partial charge is 0.305 e. The number of rotatable bonds is 8. The summed E-state index contributed by atoms with van der Waals surface area (Å²) in [6, 6.07) is 6.55. The number of sulfone groups is 1. The number of carboxylic acids is 1. The molecular weight excluding hydrogens is 330 g/mol. The second-order valence-corrected chi connectivity index (χ2v) is 8.58. The third-order valence-corrected chi connectivity index (χ3v) is 6.26. The van der Waals surface area contributed by atoms with Crippen molar-refractivity contribution in [1.29, 1.82) is 0 Å². The number of carbonyl (C=O) groups is 2. The summed E-state index contributed by atoms with van der Waals surface area (Å²) in [7, 11) is -3.21. The van der Waals surface area contributed by atoms with Crippen LogP contribution in [-0.4, -0.2) is 36.7 Å². The largest absolute Gasteiger partial charge is 0.481 e. The van der Waals surface area contributed by atoms with Crippen LogP contribution >= 0.6 is 0 Å². The fourth-order valence-electron chi connectivity index (χ4n) is 2.89. The fraction of sp³-hybridized carbons (Fsp3) is 0.529. The first-order valence-electron chi connectivity index (χ1n) is 8.11. The van der Waals surface area contributed by atoms with E-state index in [1.165, 1.54) is 0 Å². The van der Waals surface area contributed by atoms with Gasteiger partial charge in [-0.25, -0.2) is 8.42 Å². The Bertz CT molecular complexity index is 705. The Kier molecular flexibility index (Phi) is 5.64. The molecule has 1 amide bonds. The Balaban J connectivity index is 1.89. The molecule has 1 aromatic carbocycles. The van der Waals surface area contributed by atoms with Crippen molar-refractivity contribution in [3.8, 4) is 0 Å². The summed E-state index contributed by atoms with van der Waals surface area (Å²) in [6.07, 6.45) is 3.04. The highest BCUT2D eigenvalue weighted by Gasteiger charge is 2.40. The average Bonchev–Trinajstić information content (AvgIpc) is 2.50. The number of aryl methyl sites for hydroxylation is 1. The molecule has 1 aromatic rings. The van der Waals surface area contributed by atoms with Crippen molar-refractivity contribution in [1.82, 2.24) is 5.32 Å². The van der Waals surface area contributed by atoms with Gasteiger partial charge in [0, 0.05) is 6.42 Å². The zero-order valence-electron chi connectivity index (χ0n) is 13.7. The van der Waals surface area contributed by atoms with E-state index in [2.05, 4.69) is 5.32 Å². The van der Waals surface area contributed by atoms with Gasteiger partial charge >= 0.3 is 5.97 Å². The number of carboxylic acid groups (broad SMARTS) is 1. The van der Waals surface area contributed by atoms with Crippen molar-refractivity contribution in [2.45, 2.75) is 55.9 Å². The first-order valence-corrected chi connectivity index (χ1v) is 9.76. The molecule has 0 radical (unpaired) electrons. The van der Waals surface area contributed by atoms with E-state index in [0.29, 0.717) is 19.3 Å². The number of hydrogen-bond donors (Lipinski definition) is 2. The molecule has 24 heavy (non-hydrogen) atoms. The highest BCUT2D eigenvalue weighted by molar-refractivity contribution is 7.91. The lowest BCUT2D eigenvalue weighted by molar-refractivity contribution is -0.140. The predicted molar refractivity (Wildman–Crippen MR) is 89.5 cm³/mol. The van der Waals surface area contributed by atoms with E-state index in [-0.39, 0.29) is 29.4 Å². The van der Waals surface area contributed by atoms with E-state index in [0.717, 1.165) is 12.0 Å². The molecular formula is C17H23NO5S. The minimum atomic E-state index is -3.21. The number of hydrogen-bond acceptors (Lipinski definition) is 4. The lowest BCUT2D eigenvalue weighted by Gasteiger charge is -2.41. The van der Waals surface area contributed by atoms with Crippen LogP contribution in [0.15, 0.2) is 29.2 Å². The zero-order chi connectivity index (χ0) is 17.8. The zero-order valence-corrected chi connectivity index (χ0v) is 14.6. The summed E-state index contributed by atoms with van der Waals surface area (Å²) in [6.45, 7) is 1.60. The van der Waals surface area contributed by atoms with Gasteiger partial charge in [-0.15, -0.1) is 0 Å². The predicted octanol–water partition coefficient (Wildman–Crippen LogP) is 1.93. The third kappa shape index (κ3) is 4.56. The van der Waals surface area contributed by atoms with Crippen molar-refractivity contribution in [3.05, 3.63) is 29.8 Å². The number of benzene rings is 1. The van der Waals surface area contributed by atoms with Crippen molar-refractivity contribution >= 4 is 21.7 Å². The first-order chi connectivity index (χ1) is 11.3. The maximum absolute atomic E-state index is 12.1. The number of amides is 1. The van der Waals surface area contributed by atoms with E-state index >= 15 is 0 Å². The van der Waals surface area contributed by atoms with E-state index in [1.54, 1.807) is 31.2 Å². The number of aliphatic carboxylic acids is 1. The molecule has 0 saturated heterocycles. The fourth-order valence-corrected chi connectivity index (χ4v) is 3.77. The van der Waals surface area contributed by atoms with Gasteiger partial charge in [0.05, 0.1) is 22.6 Å². The summed E-state index contributed by atoms with van der Waals surface area (Å²) in [4.78, 5) is 23.3. The van der Waals surface area contributed by atoms with Gasteiger partial charge in [-0.05, 0) is 43.4 Å². The monoisotopic (exact) mass is 353 g/mol. The van der Waals surface area contributed by atoms with Gasteiger partial charge in [0.1, 0.15) is 0 Å². The van der Waals surface area contributed by atoms with Gasteiger partial charge in [0.2, 0.25) is 5.91 Å². The van der Waals surface area contributed by atoms with Crippen LogP contribution in [0.1, 0.15) is 44.6 Å². The maximum atomic E-state index is 12.1. The lowest BCUT2D eigenvalue weighted by Crippen LogP contribution is -2.54. The van der Waals surface area contributed by atoms with Gasteiger partial charge in [0.15, 0.2) is 9.84 Å². The minimum Gasteiger partial charge on any atom is -0.481 e. The summed E-state index contributed by atoms with van der Waals surface area (Å²) >= 11 is 0. The SMILES string of the molecule is CCS(=O)(=O)c1ccc(CCC(=O)NC2(CC(=O)O)CCC2)cc1. The van der Waals surface area contributed by atoms with Crippen molar-refractivity contribution < 1.29 is 23.1 Å². The lowest BCUT2D eigenvalue weighted by atomic mass is 9.74. The van der Waals surface area contributed by atoms with E-state index < -0.39 is 21.3 Å². The molecule has 7 heteroatoms. The summed E-state index contributed by atoms with van der Waals surface area (Å²) in [5.74, 6) is -1.01. The Labute approximate surface area is 142 Å². The molecule has 2 N–H and O–H groups in total. The van der Waals surface area contributed by atoms with Crippen LogP contribution in [0.25, 0.3) is 0 Å². The van der Waals surface area contributed by atoms with Crippen LogP contribution < -0.4 is 5.32 Å². The van der Waals surface area contributed by atoms with E-state index in [1.807, 2.05) is 0 Å². The molecule has 0 heterocycles. The van der Waals surface area contributed by atoms with Crippen LogP contribution in [0.4, 0.5) is 0 Å². The topological polar surface area (TPSA) is 101 Å². The molecule has 0 aliphatic heterocycles. The Hall–Kier alpha value is -1.89. The average molecular weight is 353 g/mol. The number of carbonyl (C=O) groups excluding carboxylic acids is 1. The third-order valence-electron chi connectivity index (χ3n) is 4.51. The van der Waals surface area contributed by atoms with Gasteiger partial charge in [-0.2, -0.15) is 0 Å². The van der Waals surface area contributed by atoms with Gasteiger partial charge in [-0.1, -0.05) is 19.1 Å². The van der Waals surface area contributed by atoms with E-state index in [4.69, 9.17) is 5.11 Å². The van der Waals surface area contributed by atoms with Crippen LogP contribution in [-0.2, 0) is 25.8 Å². The first kappa shape index (κ1) is 18.4. The number of nitrogens with one attached hydrogen (secondary N) is 1. The second kappa shape index (κ2) is 7.34. The Morgan fingerprint density at radius 3 is 2.29 bits per heavy atom. The summed E-state index contributed by atoms with van der Waals surface area (Å²) in [5, 5.41) is 11.8. The van der Waals surface area contributed by atoms with Crippen LogP contribution in [0.3, 0.4) is 0 Å². The normalized spacial score (nSPS) is 16.2. The highest BCUT2D eigenvalue weighted by atomic mass is 32.2. The quantitative estimate of drug-likeness (QED) is 0.744. The molecule has 1 fully saturated rings. The van der Waals surface area contributed by atoms with Gasteiger partial charge < -0.3 is 10.4 Å². The second-order valence-electron chi connectivity index (χ2n) is 6.30. The summed E-state index contributed by atoms with van der Waals surface area (Å²) in [5.41, 5.74) is 0.295. The molecule has 0 spiro atoms. The van der Waals surface area contributed by atoms with Crippen LogP contribution in [0.2, 0.25) is 0 Å².